The van der Waals surface area contributed by atoms with Crippen molar-refractivity contribution in [2.45, 2.75) is 32.7 Å². The molecule has 6 nitrogen and oxygen atoms in total. The highest BCUT2D eigenvalue weighted by atomic mass is 19.4. The summed E-state index contributed by atoms with van der Waals surface area (Å²) in [6, 6.07) is 6.51. The highest BCUT2D eigenvalue weighted by Crippen LogP contribution is 2.29. The van der Waals surface area contributed by atoms with Gasteiger partial charge in [-0.25, -0.2) is 4.98 Å². The Bertz CT molecular complexity index is 841. The van der Waals surface area contributed by atoms with E-state index < -0.39 is 6.36 Å². The van der Waals surface area contributed by atoms with Gasteiger partial charge in [-0.15, -0.1) is 13.2 Å². The molecule has 1 N–H and O–H groups in total. The fraction of sp³-hybridized carbons (Fsp3) is 0.500. The monoisotopic (exact) mass is 409 g/mol. The quantitative estimate of drug-likeness (QED) is 0.756. The molecule has 158 valence electrons. The van der Waals surface area contributed by atoms with E-state index in [0.717, 1.165) is 42.1 Å². The molecule has 1 aliphatic rings. The molecule has 0 saturated carbocycles. The number of anilines is 2. The lowest BCUT2D eigenvalue weighted by Crippen LogP contribution is -2.31. The maximum absolute atomic E-state index is 12.4. The van der Waals surface area contributed by atoms with Crippen LogP contribution in [0.2, 0.25) is 0 Å². The van der Waals surface area contributed by atoms with Crippen molar-refractivity contribution in [3.63, 3.8) is 0 Å². The van der Waals surface area contributed by atoms with Crippen LogP contribution >= 0.6 is 0 Å². The summed E-state index contributed by atoms with van der Waals surface area (Å²) in [5.41, 5.74) is 2.80. The zero-order valence-corrected chi connectivity index (χ0v) is 16.9. The van der Waals surface area contributed by atoms with Crippen LogP contribution in [0.4, 0.5) is 24.9 Å². The zero-order chi connectivity index (χ0) is 21.0. The number of aryl methyl sites for hydroxylation is 1. The summed E-state index contributed by atoms with van der Waals surface area (Å²) in [5, 5.41) is 3.26. The largest absolute Gasteiger partial charge is 0.573 e. The first kappa shape index (κ1) is 21.2. The first-order valence-electron chi connectivity index (χ1n) is 9.62. The van der Waals surface area contributed by atoms with Crippen molar-refractivity contribution < 1.29 is 17.9 Å². The van der Waals surface area contributed by atoms with Crippen LogP contribution in [0.25, 0.3) is 0 Å². The van der Waals surface area contributed by atoms with Gasteiger partial charge in [0.15, 0.2) is 0 Å². The van der Waals surface area contributed by atoms with Crippen molar-refractivity contribution >= 4 is 11.8 Å². The van der Waals surface area contributed by atoms with Crippen LogP contribution in [-0.2, 0) is 19.4 Å². The molecular formula is C20H26F3N5O. The van der Waals surface area contributed by atoms with E-state index in [1.165, 1.54) is 12.1 Å². The Kier molecular flexibility index (Phi) is 6.46. The molecule has 2 aromatic rings. The number of nitrogens with zero attached hydrogens (tertiary/aromatic N) is 4. The lowest BCUT2D eigenvalue weighted by Gasteiger charge is -2.30. The molecule has 2 heterocycles. The van der Waals surface area contributed by atoms with Gasteiger partial charge in [0.2, 0.25) is 5.95 Å². The van der Waals surface area contributed by atoms with E-state index in [9.17, 15) is 13.2 Å². The second kappa shape index (κ2) is 8.86. The Morgan fingerprint density at radius 2 is 1.97 bits per heavy atom. The molecule has 0 radical (unpaired) electrons. The predicted octanol–water partition coefficient (Wildman–Crippen LogP) is 3.47. The Labute approximate surface area is 168 Å². The van der Waals surface area contributed by atoms with Crippen molar-refractivity contribution in [1.82, 2.24) is 14.9 Å². The number of nitrogens with one attached hydrogen (secondary N) is 1. The van der Waals surface area contributed by atoms with Crippen molar-refractivity contribution in [1.29, 1.82) is 0 Å². The topological polar surface area (TPSA) is 53.5 Å². The molecule has 3 rings (SSSR count). The maximum atomic E-state index is 12.4. The number of likely N-dealkylation sites (N-methyl/N-ethyl adjacent to an activating group) is 1. The van der Waals surface area contributed by atoms with E-state index in [4.69, 9.17) is 0 Å². The van der Waals surface area contributed by atoms with Crippen molar-refractivity contribution in [3.05, 3.63) is 41.1 Å². The van der Waals surface area contributed by atoms with Crippen LogP contribution in [0.3, 0.4) is 0 Å². The smallest absolute Gasteiger partial charge is 0.406 e. The van der Waals surface area contributed by atoms with Gasteiger partial charge in [-0.1, -0.05) is 13.0 Å². The number of benzene rings is 1. The Morgan fingerprint density at radius 3 is 2.66 bits per heavy atom. The number of alkyl halides is 3. The number of ether oxygens (including phenoxy) is 1. The molecule has 0 aliphatic carbocycles. The number of rotatable bonds is 7. The molecule has 0 bridgehead atoms. The Hall–Kier alpha value is -2.55. The van der Waals surface area contributed by atoms with E-state index in [-0.39, 0.29) is 5.75 Å². The summed E-state index contributed by atoms with van der Waals surface area (Å²) in [6.45, 7) is 4.90. The molecule has 0 saturated heterocycles. The van der Waals surface area contributed by atoms with Gasteiger partial charge < -0.3 is 19.9 Å². The van der Waals surface area contributed by atoms with Gasteiger partial charge in [-0.05, 0) is 50.2 Å². The van der Waals surface area contributed by atoms with Gasteiger partial charge in [0.05, 0.1) is 0 Å². The second-order valence-corrected chi connectivity index (χ2v) is 7.27. The van der Waals surface area contributed by atoms with E-state index >= 15 is 0 Å². The molecule has 0 fully saturated rings. The van der Waals surface area contributed by atoms with Crippen molar-refractivity contribution in [2.75, 3.05) is 43.9 Å². The van der Waals surface area contributed by atoms with Gasteiger partial charge in [0, 0.05) is 37.9 Å². The van der Waals surface area contributed by atoms with Gasteiger partial charge in [0.25, 0.3) is 0 Å². The third-order valence-electron chi connectivity index (χ3n) is 4.72. The third-order valence-corrected chi connectivity index (χ3v) is 4.72. The first-order valence-corrected chi connectivity index (χ1v) is 9.62. The standard InChI is InChI=1S/C20H26F3N5O/c1-4-16-12-18(26-19(25-16)24-8-10-27(2)3)28-9-7-14-11-17(29-20(21,22)23)6-5-15(14)13-28/h5-6,11-12H,4,7-10,13H2,1-3H3,(H,24,25,26). The van der Waals surface area contributed by atoms with Crippen LogP contribution in [0.15, 0.2) is 24.3 Å². The van der Waals surface area contributed by atoms with Crippen LogP contribution < -0.4 is 15.0 Å². The fourth-order valence-corrected chi connectivity index (χ4v) is 3.22. The van der Waals surface area contributed by atoms with Crippen LogP contribution in [0.5, 0.6) is 5.75 Å². The number of halogens is 3. The minimum Gasteiger partial charge on any atom is -0.406 e. The van der Waals surface area contributed by atoms with E-state index in [1.807, 2.05) is 27.1 Å². The molecule has 0 unspecified atom stereocenters. The molecule has 9 heteroatoms. The summed E-state index contributed by atoms with van der Waals surface area (Å²) in [6.07, 6.45) is -3.26. The number of hydrogen-bond acceptors (Lipinski definition) is 6. The van der Waals surface area contributed by atoms with Crippen LogP contribution in [0, 0.1) is 0 Å². The van der Waals surface area contributed by atoms with Gasteiger partial charge in [0.1, 0.15) is 11.6 Å². The average Bonchev–Trinajstić information content (AvgIpc) is 2.65. The molecular weight excluding hydrogens is 383 g/mol. The fourth-order valence-electron chi connectivity index (χ4n) is 3.22. The molecule has 1 aromatic heterocycles. The maximum Gasteiger partial charge on any atom is 0.573 e. The molecule has 0 atom stereocenters. The Morgan fingerprint density at radius 1 is 1.17 bits per heavy atom. The molecule has 0 amide bonds. The number of fused-ring (bicyclic) bond motifs is 1. The summed E-state index contributed by atoms with van der Waals surface area (Å²) in [7, 11) is 4.01. The third kappa shape index (κ3) is 5.96. The lowest BCUT2D eigenvalue weighted by molar-refractivity contribution is -0.274. The van der Waals surface area contributed by atoms with Crippen LogP contribution in [0.1, 0.15) is 23.7 Å². The molecule has 1 aliphatic heterocycles. The first-order chi connectivity index (χ1) is 13.7. The predicted molar refractivity (Wildman–Crippen MR) is 106 cm³/mol. The van der Waals surface area contributed by atoms with Crippen molar-refractivity contribution in [2.24, 2.45) is 0 Å². The normalized spacial score (nSPS) is 14.1. The van der Waals surface area contributed by atoms with Gasteiger partial charge >= 0.3 is 6.36 Å². The summed E-state index contributed by atoms with van der Waals surface area (Å²) >= 11 is 0. The summed E-state index contributed by atoms with van der Waals surface area (Å²) in [4.78, 5) is 13.4. The van der Waals surface area contributed by atoms with Gasteiger partial charge in [-0.2, -0.15) is 4.98 Å². The van der Waals surface area contributed by atoms with E-state index in [2.05, 4.69) is 29.8 Å². The van der Waals surface area contributed by atoms with Gasteiger partial charge in [-0.3, -0.25) is 0 Å². The lowest BCUT2D eigenvalue weighted by atomic mass is 9.99. The second-order valence-electron chi connectivity index (χ2n) is 7.27. The minimum atomic E-state index is -4.68. The number of aromatic nitrogens is 2. The van der Waals surface area contributed by atoms with E-state index in [0.29, 0.717) is 25.5 Å². The van der Waals surface area contributed by atoms with E-state index in [1.54, 1.807) is 6.07 Å². The zero-order valence-electron chi connectivity index (χ0n) is 16.9. The summed E-state index contributed by atoms with van der Waals surface area (Å²) < 4.78 is 41.4. The summed E-state index contributed by atoms with van der Waals surface area (Å²) in [5.74, 6) is 1.25. The van der Waals surface area contributed by atoms with Crippen molar-refractivity contribution in [3.8, 4) is 5.75 Å². The molecule has 0 spiro atoms. The highest BCUT2D eigenvalue weighted by molar-refractivity contribution is 5.49. The number of hydrogen-bond donors (Lipinski definition) is 1. The average molecular weight is 409 g/mol. The minimum absolute atomic E-state index is 0.174. The Balaban J connectivity index is 1.75. The highest BCUT2D eigenvalue weighted by Gasteiger charge is 2.31. The SMILES string of the molecule is CCc1cc(N2CCc3cc(OC(F)(F)F)ccc3C2)nc(NCCN(C)C)n1. The molecule has 29 heavy (non-hydrogen) atoms. The van der Waals surface area contributed by atoms with Crippen LogP contribution in [-0.4, -0.2) is 55.0 Å². The molecule has 1 aromatic carbocycles.